The first kappa shape index (κ1) is 22.5. The van der Waals surface area contributed by atoms with Crippen LogP contribution >= 0.6 is 11.8 Å². The summed E-state index contributed by atoms with van der Waals surface area (Å²) in [6.45, 7) is 1.58. The summed E-state index contributed by atoms with van der Waals surface area (Å²) in [4.78, 5) is 36.7. The lowest BCUT2D eigenvalue weighted by atomic mass is 10.2. The molecule has 3 rings (SSSR count). The van der Waals surface area contributed by atoms with Gasteiger partial charge in [-0.25, -0.2) is 0 Å². The Labute approximate surface area is 181 Å². The lowest BCUT2D eigenvalue weighted by Gasteiger charge is -2.12. The molecule has 0 bridgehead atoms. The van der Waals surface area contributed by atoms with E-state index in [4.69, 9.17) is 4.74 Å². The fourth-order valence-electron chi connectivity index (χ4n) is 2.81. The number of benzene rings is 2. The Balaban J connectivity index is 1.51. The number of carbonyl (C=O) groups is 3. The van der Waals surface area contributed by atoms with Crippen molar-refractivity contribution in [2.75, 3.05) is 11.9 Å². The maximum Gasteiger partial charge on any atom is 0.288 e. The SMILES string of the molecule is CC1CC1C(=O)NNC(=O)c1ccccc1OCC(=O)Nc1ccc(SC(F)F)cc1. The van der Waals surface area contributed by atoms with Gasteiger partial charge in [-0.3, -0.25) is 25.2 Å². The van der Waals surface area contributed by atoms with E-state index in [1.165, 1.54) is 36.4 Å². The van der Waals surface area contributed by atoms with Gasteiger partial charge in [0.25, 0.3) is 17.6 Å². The van der Waals surface area contributed by atoms with Gasteiger partial charge in [-0.05, 0) is 48.7 Å². The number of nitrogens with one attached hydrogen (secondary N) is 3. The van der Waals surface area contributed by atoms with Crippen LogP contribution in [0, 0.1) is 11.8 Å². The lowest BCUT2D eigenvalue weighted by molar-refractivity contribution is -0.123. The summed E-state index contributed by atoms with van der Waals surface area (Å²) in [5.41, 5.74) is 5.33. The highest BCUT2D eigenvalue weighted by molar-refractivity contribution is 7.99. The van der Waals surface area contributed by atoms with Crippen molar-refractivity contribution in [1.29, 1.82) is 0 Å². The van der Waals surface area contributed by atoms with Crippen LogP contribution in [0.4, 0.5) is 14.5 Å². The van der Waals surface area contributed by atoms with Crippen LogP contribution in [-0.2, 0) is 9.59 Å². The predicted molar refractivity (Wildman–Crippen MR) is 112 cm³/mol. The van der Waals surface area contributed by atoms with Gasteiger partial charge in [-0.1, -0.05) is 30.8 Å². The van der Waals surface area contributed by atoms with Crippen molar-refractivity contribution in [3.05, 3.63) is 54.1 Å². The molecule has 0 heterocycles. The van der Waals surface area contributed by atoms with Crippen molar-refractivity contribution < 1.29 is 27.9 Å². The van der Waals surface area contributed by atoms with Crippen LogP contribution in [0.15, 0.2) is 53.4 Å². The third-order valence-electron chi connectivity index (χ3n) is 4.60. The zero-order valence-electron chi connectivity index (χ0n) is 16.6. The second kappa shape index (κ2) is 10.3. The van der Waals surface area contributed by atoms with E-state index in [1.807, 2.05) is 6.92 Å². The maximum absolute atomic E-state index is 12.4. The second-order valence-electron chi connectivity index (χ2n) is 7.00. The van der Waals surface area contributed by atoms with E-state index in [0.717, 1.165) is 6.42 Å². The number of alkyl halides is 2. The number of hydrogen-bond acceptors (Lipinski definition) is 5. The smallest absolute Gasteiger partial charge is 0.288 e. The molecule has 1 aliphatic rings. The van der Waals surface area contributed by atoms with Gasteiger partial charge in [-0.2, -0.15) is 8.78 Å². The van der Waals surface area contributed by atoms with E-state index in [2.05, 4.69) is 16.2 Å². The van der Waals surface area contributed by atoms with Gasteiger partial charge in [0.15, 0.2) is 6.61 Å². The third kappa shape index (κ3) is 6.68. The molecule has 1 saturated carbocycles. The minimum atomic E-state index is -2.52. The molecule has 3 amide bonds. The number of anilines is 1. The Kier molecular flexibility index (Phi) is 7.45. The molecule has 164 valence electrons. The monoisotopic (exact) mass is 449 g/mol. The van der Waals surface area contributed by atoms with Gasteiger partial charge in [0, 0.05) is 16.5 Å². The second-order valence-corrected chi connectivity index (χ2v) is 8.06. The summed E-state index contributed by atoms with van der Waals surface area (Å²) in [7, 11) is 0. The standard InChI is InChI=1S/C21H21F2N3O4S/c1-12-10-16(12)20(29)26-25-19(28)15-4-2-3-5-17(15)30-11-18(27)24-13-6-8-14(9-7-13)31-21(22)23/h2-9,12,16,21H,10-11H2,1H3,(H,24,27)(H,25,28)(H,26,29). The highest BCUT2D eigenvalue weighted by Gasteiger charge is 2.39. The summed E-state index contributed by atoms with van der Waals surface area (Å²) in [6.07, 6.45) is 0.796. The topological polar surface area (TPSA) is 96.5 Å². The molecule has 1 fully saturated rings. The van der Waals surface area contributed by atoms with Crippen molar-refractivity contribution in [3.63, 3.8) is 0 Å². The van der Waals surface area contributed by atoms with Gasteiger partial charge in [0.2, 0.25) is 5.91 Å². The van der Waals surface area contributed by atoms with Crippen molar-refractivity contribution >= 4 is 35.2 Å². The first-order valence-electron chi connectivity index (χ1n) is 9.50. The highest BCUT2D eigenvalue weighted by atomic mass is 32.2. The number of thioether (sulfide) groups is 1. The van der Waals surface area contributed by atoms with Crippen molar-refractivity contribution in [2.24, 2.45) is 11.8 Å². The number of amides is 3. The summed E-state index contributed by atoms with van der Waals surface area (Å²) in [6, 6.07) is 12.3. The molecule has 0 aromatic heterocycles. The predicted octanol–water partition coefficient (Wildman–Crippen LogP) is 3.44. The van der Waals surface area contributed by atoms with Crippen LogP contribution < -0.4 is 20.9 Å². The van der Waals surface area contributed by atoms with Crippen LogP contribution in [0.25, 0.3) is 0 Å². The van der Waals surface area contributed by atoms with Crippen molar-refractivity contribution in [2.45, 2.75) is 24.0 Å². The van der Waals surface area contributed by atoms with Crippen LogP contribution in [0.5, 0.6) is 5.75 Å². The number of rotatable bonds is 8. The van der Waals surface area contributed by atoms with E-state index in [1.54, 1.807) is 12.1 Å². The molecule has 2 unspecified atom stereocenters. The first-order valence-corrected chi connectivity index (χ1v) is 10.4. The fraction of sp³-hybridized carbons (Fsp3) is 0.286. The number of halogens is 2. The molecule has 1 aliphatic carbocycles. The molecule has 2 aromatic rings. The van der Waals surface area contributed by atoms with Crippen LogP contribution in [0.1, 0.15) is 23.7 Å². The van der Waals surface area contributed by atoms with Crippen LogP contribution in [-0.4, -0.2) is 30.1 Å². The average molecular weight is 449 g/mol. The summed E-state index contributed by atoms with van der Waals surface area (Å²) < 4.78 is 30.2. The zero-order valence-corrected chi connectivity index (χ0v) is 17.4. The summed E-state index contributed by atoms with van der Waals surface area (Å²) >= 11 is 0.414. The number of carbonyl (C=O) groups excluding carboxylic acids is 3. The molecular formula is C21H21F2N3O4S. The van der Waals surface area contributed by atoms with Gasteiger partial charge in [0.1, 0.15) is 5.75 Å². The quantitative estimate of drug-likeness (QED) is 0.424. The average Bonchev–Trinajstić information content (AvgIpc) is 3.48. The largest absolute Gasteiger partial charge is 0.483 e. The van der Waals surface area contributed by atoms with Gasteiger partial charge < -0.3 is 10.1 Å². The van der Waals surface area contributed by atoms with Crippen molar-refractivity contribution in [1.82, 2.24) is 10.9 Å². The van der Waals surface area contributed by atoms with E-state index in [0.29, 0.717) is 28.3 Å². The molecule has 31 heavy (non-hydrogen) atoms. The molecule has 0 aliphatic heterocycles. The summed E-state index contributed by atoms with van der Waals surface area (Å²) in [5.74, 6) is -3.41. The number of ether oxygens (including phenoxy) is 1. The summed E-state index contributed by atoms with van der Waals surface area (Å²) in [5, 5.41) is 2.59. The van der Waals surface area contributed by atoms with E-state index < -0.39 is 17.6 Å². The lowest BCUT2D eigenvalue weighted by Crippen LogP contribution is -2.42. The molecule has 7 nitrogen and oxygen atoms in total. The fourth-order valence-corrected chi connectivity index (χ4v) is 3.30. The normalized spacial score (nSPS) is 17.0. The Morgan fingerprint density at radius 1 is 1.10 bits per heavy atom. The van der Waals surface area contributed by atoms with E-state index in [9.17, 15) is 23.2 Å². The first-order chi connectivity index (χ1) is 14.8. The highest BCUT2D eigenvalue weighted by Crippen LogP contribution is 2.37. The molecule has 2 atom stereocenters. The number of hydrazine groups is 1. The third-order valence-corrected chi connectivity index (χ3v) is 5.32. The van der Waals surface area contributed by atoms with E-state index in [-0.39, 0.29) is 29.7 Å². The zero-order chi connectivity index (χ0) is 22.4. The number of hydrogen-bond donors (Lipinski definition) is 3. The van der Waals surface area contributed by atoms with Crippen LogP contribution in [0.2, 0.25) is 0 Å². The van der Waals surface area contributed by atoms with Gasteiger partial charge >= 0.3 is 0 Å². The Morgan fingerprint density at radius 3 is 2.42 bits per heavy atom. The molecule has 3 N–H and O–H groups in total. The van der Waals surface area contributed by atoms with Crippen molar-refractivity contribution in [3.8, 4) is 5.75 Å². The molecule has 0 spiro atoms. The molecule has 0 radical (unpaired) electrons. The Hall–Kier alpha value is -3.14. The minimum absolute atomic E-state index is 0.0847. The minimum Gasteiger partial charge on any atom is -0.483 e. The molecule has 2 aromatic carbocycles. The molecule has 0 saturated heterocycles. The number of para-hydroxylation sites is 1. The van der Waals surface area contributed by atoms with Crippen LogP contribution in [0.3, 0.4) is 0 Å². The Morgan fingerprint density at radius 2 is 1.77 bits per heavy atom. The van der Waals surface area contributed by atoms with Gasteiger partial charge in [-0.15, -0.1) is 0 Å². The van der Waals surface area contributed by atoms with E-state index >= 15 is 0 Å². The molecule has 10 heteroatoms. The molecular weight excluding hydrogens is 428 g/mol. The Bertz CT molecular complexity index is 956. The van der Waals surface area contributed by atoms with Gasteiger partial charge in [0.05, 0.1) is 5.56 Å². The maximum atomic E-state index is 12.4.